The Morgan fingerprint density at radius 2 is 2.36 bits per heavy atom. The van der Waals surface area contributed by atoms with E-state index in [4.69, 9.17) is 4.42 Å². The summed E-state index contributed by atoms with van der Waals surface area (Å²) in [5.74, 6) is 2.08. The fraction of sp³-hybridized carbons (Fsp3) is 0.412. The molecule has 1 aliphatic heterocycles. The van der Waals surface area contributed by atoms with Gasteiger partial charge in [-0.2, -0.15) is 0 Å². The zero-order valence-corrected chi connectivity index (χ0v) is 12.8. The molecule has 1 fully saturated rings. The van der Waals surface area contributed by atoms with Gasteiger partial charge in [0.15, 0.2) is 0 Å². The topological polar surface area (TPSA) is 58.4 Å². The van der Waals surface area contributed by atoms with Crippen molar-refractivity contribution < 1.29 is 9.21 Å². The van der Waals surface area contributed by atoms with Gasteiger partial charge in [0.25, 0.3) is 5.91 Å². The lowest BCUT2D eigenvalue weighted by Gasteiger charge is -2.33. The number of amides is 1. The number of nitrogens with one attached hydrogen (secondary N) is 1. The second-order valence-corrected chi connectivity index (χ2v) is 5.74. The van der Waals surface area contributed by atoms with E-state index in [0.717, 1.165) is 31.7 Å². The molecule has 0 bridgehead atoms. The summed E-state index contributed by atoms with van der Waals surface area (Å²) in [6.07, 6.45) is 5.63. The van der Waals surface area contributed by atoms with Crippen LogP contribution in [0.4, 0.5) is 5.82 Å². The molecule has 0 radical (unpaired) electrons. The van der Waals surface area contributed by atoms with E-state index < -0.39 is 0 Å². The average molecular weight is 299 g/mol. The zero-order chi connectivity index (χ0) is 15.4. The molecule has 0 spiro atoms. The number of furan rings is 1. The van der Waals surface area contributed by atoms with Crippen LogP contribution in [0.5, 0.6) is 0 Å². The maximum absolute atomic E-state index is 12.1. The van der Waals surface area contributed by atoms with Crippen molar-refractivity contribution in [3.8, 4) is 0 Å². The first kappa shape index (κ1) is 14.6. The van der Waals surface area contributed by atoms with Gasteiger partial charge in [0, 0.05) is 25.8 Å². The number of aryl methyl sites for hydroxylation is 1. The molecule has 1 aliphatic rings. The molecule has 1 amide bonds. The summed E-state index contributed by atoms with van der Waals surface area (Å²) in [5.41, 5.74) is 0.623. The largest absolute Gasteiger partial charge is 0.469 e. The molecule has 5 heteroatoms. The van der Waals surface area contributed by atoms with Crippen molar-refractivity contribution in [3.63, 3.8) is 0 Å². The van der Waals surface area contributed by atoms with Crippen LogP contribution in [0.1, 0.15) is 29.0 Å². The highest BCUT2D eigenvalue weighted by Gasteiger charge is 2.22. The van der Waals surface area contributed by atoms with Crippen molar-refractivity contribution in [2.45, 2.75) is 19.8 Å². The quantitative estimate of drug-likeness (QED) is 0.943. The lowest BCUT2D eigenvalue weighted by Crippen LogP contribution is -2.41. The second kappa shape index (κ2) is 6.64. The Balaban J connectivity index is 1.55. The number of piperidine rings is 1. The average Bonchev–Trinajstić information content (AvgIpc) is 3.00. The van der Waals surface area contributed by atoms with Crippen molar-refractivity contribution in [1.82, 2.24) is 10.3 Å². The number of pyridine rings is 1. The van der Waals surface area contributed by atoms with Gasteiger partial charge in [0.05, 0.1) is 11.8 Å². The number of hydrogen-bond donors (Lipinski definition) is 1. The first-order valence-corrected chi connectivity index (χ1v) is 7.72. The molecule has 116 valence electrons. The molecule has 0 saturated carbocycles. The number of rotatable bonds is 4. The lowest BCUT2D eigenvalue weighted by atomic mass is 9.98. The van der Waals surface area contributed by atoms with E-state index in [2.05, 4.69) is 15.2 Å². The van der Waals surface area contributed by atoms with Gasteiger partial charge in [-0.25, -0.2) is 4.98 Å². The van der Waals surface area contributed by atoms with Gasteiger partial charge >= 0.3 is 0 Å². The predicted molar refractivity (Wildman–Crippen MR) is 85.0 cm³/mol. The molecule has 3 rings (SSSR count). The molecule has 22 heavy (non-hydrogen) atoms. The predicted octanol–water partition coefficient (Wildman–Crippen LogP) is 2.63. The Morgan fingerprint density at radius 1 is 1.45 bits per heavy atom. The van der Waals surface area contributed by atoms with E-state index in [1.807, 2.05) is 24.4 Å². The normalized spacial score (nSPS) is 18.2. The van der Waals surface area contributed by atoms with Crippen molar-refractivity contribution in [3.05, 3.63) is 48.0 Å². The SMILES string of the molecule is Cc1occc1C(=O)NC[C@H]1CCCN(c2ccccn2)C1. The van der Waals surface area contributed by atoms with Crippen LogP contribution in [0, 0.1) is 12.8 Å². The number of anilines is 1. The highest BCUT2D eigenvalue weighted by molar-refractivity contribution is 5.95. The molecule has 3 heterocycles. The zero-order valence-electron chi connectivity index (χ0n) is 12.8. The summed E-state index contributed by atoms with van der Waals surface area (Å²) < 4.78 is 5.18. The van der Waals surface area contributed by atoms with Gasteiger partial charge in [0.1, 0.15) is 11.6 Å². The van der Waals surface area contributed by atoms with Gasteiger partial charge < -0.3 is 14.6 Å². The summed E-state index contributed by atoms with van der Waals surface area (Å²) in [7, 11) is 0. The van der Waals surface area contributed by atoms with Gasteiger partial charge in [-0.1, -0.05) is 6.07 Å². The third kappa shape index (κ3) is 3.30. The highest BCUT2D eigenvalue weighted by Crippen LogP contribution is 2.21. The first-order chi connectivity index (χ1) is 10.7. The third-order valence-electron chi connectivity index (χ3n) is 4.15. The first-order valence-electron chi connectivity index (χ1n) is 7.72. The summed E-state index contributed by atoms with van der Waals surface area (Å²) >= 11 is 0. The van der Waals surface area contributed by atoms with Crippen molar-refractivity contribution in [1.29, 1.82) is 0 Å². The van der Waals surface area contributed by atoms with E-state index in [1.165, 1.54) is 0 Å². The Bertz CT molecular complexity index is 624. The van der Waals surface area contributed by atoms with E-state index in [9.17, 15) is 4.79 Å². The lowest BCUT2D eigenvalue weighted by molar-refractivity contribution is 0.0944. The molecule has 5 nitrogen and oxygen atoms in total. The Kier molecular flexibility index (Phi) is 4.42. The van der Waals surface area contributed by atoms with E-state index in [-0.39, 0.29) is 5.91 Å². The summed E-state index contributed by atoms with van der Waals surface area (Å²) in [5, 5.41) is 3.02. The van der Waals surface area contributed by atoms with Crippen LogP contribution in [0.25, 0.3) is 0 Å². The summed E-state index contributed by atoms with van der Waals surface area (Å²) in [4.78, 5) is 18.8. The van der Waals surface area contributed by atoms with E-state index in [0.29, 0.717) is 23.8 Å². The second-order valence-electron chi connectivity index (χ2n) is 5.74. The summed E-state index contributed by atoms with van der Waals surface area (Å²) in [6.45, 7) is 4.45. The third-order valence-corrected chi connectivity index (χ3v) is 4.15. The fourth-order valence-corrected chi connectivity index (χ4v) is 2.93. The van der Waals surface area contributed by atoms with Crippen LogP contribution < -0.4 is 10.2 Å². The molecule has 1 atom stereocenters. The van der Waals surface area contributed by atoms with Crippen molar-refractivity contribution >= 4 is 11.7 Å². The molecule has 1 N–H and O–H groups in total. The molecule has 0 aromatic carbocycles. The van der Waals surface area contributed by atoms with Crippen molar-refractivity contribution in [2.24, 2.45) is 5.92 Å². The Hall–Kier alpha value is -2.30. The van der Waals surface area contributed by atoms with Gasteiger partial charge in [-0.05, 0) is 43.9 Å². The van der Waals surface area contributed by atoms with Crippen LogP contribution in [0.3, 0.4) is 0 Å². The molecule has 1 saturated heterocycles. The fourth-order valence-electron chi connectivity index (χ4n) is 2.93. The molecule has 2 aromatic rings. The van der Waals surface area contributed by atoms with Gasteiger partial charge in [0.2, 0.25) is 0 Å². The minimum absolute atomic E-state index is 0.0544. The molecular formula is C17H21N3O2. The maximum atomic E-state index is 12.1. The number of nitrogens with zero attached hydrogens (tertiary/aromatic N) is 2. The number of aromatic nitrogens is 1. The molecular weight excluding hydrogens is 278 g/mol. The standard InChI is InChI=1S/C17H21N3O2/c1-13-15(7-10-22-13)17(21)19-11-14-5-4-9-20(12-14)16-6-2-3-8-18-16/h2-3,6-8,10,14H,4-5,9,11-12H2,1H3,(H,19,21)/t14-/m1/s1. The van der Waals surface area contributed by atoms with Gasteiger partial charge in [-0.3, -0.25) is 4.79 Å². The number of hydrogen-bond acceptors (Lipinski definition) is 4. The molecule has 0 aliphatic carbocycles. The van der Waals surface area contributed by atoms with Crippen LogP contribution in [-0.2, 0) is 0 Å². The molecule has 0 unspecified atom stereocenters. The minimum atomic E-state index is -0.0544. The van der Waals surface area contributed by atoms with E-state index >= 15 is 0 Å². The van der Waals surface area contributed by atoms with Crippen molar-refractivity contribution in [2.75, 3.05) is 24.5 Å². The van der Waals surface area contributed by atoms with E-state index in [1.54, 1.807) is 19.3 Å². The van der Waals surface area contributed by atoms with Gasteiger partial charge in [-0.15, -0.1) is 0 Å². The molecule has 2 aromatic heterocycles. The van der Waals surface area contributed by atoms with Crippen LogP contribution in [-0.4, -0.2) is 30.5 Å². The minimum Gasteiger partial charge on any atom is -0.469 e. The Labute approximate surface area is 130 Å². The monoisotopic (exact) mass is 299 g/mol. The highest BCUT2D eigenvalue weighted by atomic mass is 16.3. The van der Waals surface area contributed by atoms with Crippen LogP contribution in [0.2, 0.25) is 0 Å². The summed E-state index contributed by atoms with van der Waals surface area (Å²) in [6, 6.07) is 7.69. The number of carbonyl (C=O) groups excluding carboxylic acids is 1. The Morgan fingerprint density at radius 3 is 3.09 bits per heavy atom. The maximum Gasteiger partial charge on any atom is 0.254 e. The van der Waals surface area contributed by atoms with Crippen LogP contribution in [0.15, 0.2) is 41.1 Å². The van der Waals surface area contributed by atoms with Crippen LogP contribution >= 0.6 is 0 Å². The smallest absolute Gasteiger partial charge is 0.254 e. The number of carbonyl (C=O) groups is 1.